The maximum absolute atomic E-state index is 8.76. The van der Waals surface area contributed by atoms with E-state index in [1.165, 1.54) is 11.1 Å². The van der Waals surface area contributed by atoms with E-state index in [9.17, 15) is 0 Å². The monoisotopic (exact) mass is 268 g/mol. The van der Waals surface area contributed by atoms with Crippen molar-refractivity contribution in [1.82, 2.24) is 10.5 Å². The average molecular weight is 268 g/mol. The van der Waals surface area contributed by atoms with Gasteiger partial charge in [-0.2, -0.15) is 0 Å². The molecule has 0 amide bonds. The standard InChI is InChI=1S/C16H16N2O2/c19-18-10-14-8-15-7-12(3-4-16(15)20-11-14)6-13-2-1-5-17-9-13/h1-5,7-9,18-19H,6,10-11H2. The molecule has 4 heteroatoms. The van der Waals surface area contributed by atoms with Crippen molar-refractivity contribution in [3.05, 3.63) is 65.0 Å². The van der Waals surface area contributed by atoms with Crippen molar-refractivity contribution in [2.45, 2.75) is 6.42 Å². The number of nitrogens with one attached hydrogen (secondary N) is 1. The Kier molecular flexibility index (Phi) is 3.76. The van der Waals surface area contributed by atoms with Crippen LogP contribution < -0.4 is 10.2 Å². The van der Waals surface area contributed by atoms with E-state index < -0.39 is 0 Å². The maximum atomic E-state index is 8.76. The molecule has 0 bridgehead atoms. The van der Waals surface area contributed by atoms with Crippen molar-refractivity contribution in [1.29, 1.82) is 0 Å². The molecule has 0 radical (unpaired) electrons. The lowest BCUT2D eigenvalue weighted by Gasteiger charge is -2.18. The molecular weight excluding hydrogens is 252 g/mol. The van der Waals surface area contributed by atoms with E-state index in [1.54, 1.807) is 6.20 Å². The molecule has 2 N–H and O–H groups in total. The Morgan fingerprint density at radius 3 is 3.00 bits per heavy atom. The molecule has 0 spiro atoms. The number of aromatic nitrogens is 1. The molecule has 0 aliphatic carbocycles. The lowest BCUT2D eigenvalue weighted by Crippen LogP contribution is -2.18. The van der Waals surface area contributed by atoms with Crippen LogP contribution in [0.2, 0.25) is 0 Å². The smallest absolute Gasteiger partial charge is 0.127 e. The molecule has 0 atom stereocenters. The lowest BCUT2D eigenvalue weighted by atomic mass is 10.0. The summed E-state index contributed by atoms with van der Waals surface area (Å²) in [5, 5.41) is 8.76. The fourth-order valence-electron chi connectivity index (χ4n) is 2.33. The summed E-state index contributed by atoms with van der Waals surface area (Å²) in [5.41, 5.74) is 6.65. The minimum Gasteiger partial charge on any atom is -0.489 e. The second-order valence-corrected chi connectivity index (χ2v) is 4.84. The Balaban J connectivity index is 1.84. The highest BCUT2D eigenvalue weighted by molar-refractivity contribution is 5.63. The topological polar surface area (TPSA) is 54.4 Å². The van der Waals surface area contributed by atoms with Crippen LogP contribution in [-0.2, 0) is 6.42 Å². The van der Waals surface area contributed by atoms with Crippen LogP contribution in [0.15, 0.2) is 48.3 Å². The molecule has 20 heavy (non-hydrogen) atoms. The summed E-state index contributed by atoms with van der Waals surface area (Å²) in [6, 6.07) is 10.2. The predicted molar refractivity (Wildman–Crippen MR) is 76.7 cm³/mol. The number of benzene rings is 1. The molecule has 0 saturated heterocycles. The first kappa shape index (κ1) is 12.8. The number of ether oxygens (including phenoxy) is 1. The molecule has 3 rings (SSSR count). The molecule has 0 saturated carbocycles. The Morgan fingerprint density at radius 2 is 2.20 bits per heavy atom. The quantitative estimate of drug-likeness (QED) is 0.836. The number of nitrogens with zero attached hydrogens (tertiary/aromatic N) is 1. The molecule has 2 heterocycles. The van der Waals surface area contributed by atoms with Gasteiger partial charge in [0.15, 0.2) is 0 Å². The fraction of sp³-hybridized carbons (Fsp3) is 0.188. The molecule has 1 aromatic heterocycles. The molecular formula is C16H16N2O2. The van der Waals surface area contributed by atoms with Gasteiger partial charge in [0.25, 0.3) is 0 Å². The zero-order chi connectivity index (χ0) is 13.8. The van der Waals surface area contributed by atoms with Crippen molar-refractivity contribution >= 4 is 6.08 Å². The average Bonchev–Trinajstić information content (AvgIpc) is 2.48. The molecule has 2 aromatic rings. The number of hydrogen-bond donors (Lipinski definition) is 2. The van der Waals surface area contributed by atoms with Crippen molar-refractivity contribution < 1.29 is 9.94 Å². The first-order chi connectivity index (χ1) is 9.85. The van der Waals surface area contributed by atoms with Gasteiger partial charge in [0.2, 0.25) is 0 Å². The van der Waals surface area contributed by atoms with Gasteiger partial charge < -0.3 is 9.94 Å². The molecule has 1 aromatic carbocycles. The summed E-state index contributed by atoms with van der Waals surface area (Å²) < 4.78 is 5.66. The lowest BCUT2D eigenvalue weighted by molar-refractivity contribution is 0.173. The minimum atomic E-state index is 0.423. The van der Waals surface area contributed by atoms with Crippen molar-refractivity contribution in [2.24, 2.45) is 0 Å². The summed E-state index contributed by atoms with van der Waals surface area (Å²) in [7, 11) is 0. The highest BCUT2D eigenvalue weighted by atomic mass is 16.5. The van der Waals surface area contributed by atoms with Gasteiger partial charge in [-0.3, -0.25) is 4.98 Å². The Bertz CT molecular complexity index is 624. The molecule has 0 unspecified atom stereocenters. The Hall–Kier alpha value is -2.17. The minimum absolute atomic E-state index is 0.423. The fourth-order valence-corrected chi connectivity index (χ4v) is 2.33. The summed E-state index contributed by atoms with van der Waals surface area (Å²) in [5.74, 6) is 0.890. The van der Waals surface area contributed by atoms with Gasteiger partial charge in [0.1, 0.15) is 12.4 Å². The van der Waals surface area contributed by atoms with Crippen LogP contribution in [-0.4, -0.2) is 23.3 Å². The van der Waals surface area contributed by atoms with Crippen molar-refractivity contribution in [3.8, 4) is 5.75 Å². The summed E-state index contributed by atoms with van der Waals surface area (Å²) in [6.07, 6.45) is 6.57. The van der Waals surface area contributed by atoms with Crippen LogP contribution in [0, 0.1) is 0 Å². The van der Waals surface area contributed by atoms with E-state index >= 15 is 0 Å². The third kappa shape index (κ3) is 2.87. The number of pyridine rings is 1. The zero-order valence-corrected chi connectivity index (χ0v) is 11.0. The molecule has 4 nitrogen and oxygen atoms in total. The van der Waals surface area contributed by atoms with Crippen LogP contribution in [0.3, 0.4) is 0 Å². The summed E-state index contributed by atoms with van der Waals surface area (Å²) in [4.78, 5) is 4.13. The van der Waals surface area contributed by atoms with E-state index in [0.717, 1.165) is 23.3 Å². The normalized spacial score (nSPS) is 13.3. The van der Waals surface area contributed by atoms with Gasteiger partial charge in [-0.05, 0) is 47.4 Å². The number of hydrogen-bond acceptors (Lipinski definition) is 4. The van der Waals surface area contributed by atoms with Gasteiger partial charge in [-0.25, -0.2) is 5.48 Å². The number of hydroxylamine groups is 1. The first-order valence-electron chi connectivity index (χ1n) is 6.56. The third-order valence-electron chi connectivity index (χ3n) is 3.28. The van der Waals surface area contributed by atoms with E-state index in [4.69, 9.17) is 9.94 Å². The molecule has 102 valence electrons. The maximum Gasteiger partial charge on any atom is 0.127 e. The van der Waals surface area contributed by atoms with Crippen LogP contribution in [0.5, 0.6) is 5.75 Å². The van der Waals surface area contributed by atoms with Crippen LogP contribution >= 0.6 is 0 Å². The highest BCUT2D eigenvalue weighted by Gasteiger charge is 2.11. The second kappa shape index (κ2) is 5.86. The largest absolute Gasteiger partial charge is 0.489 e. The predicted octanol–water partition coefficient (Wildman–Crippen LogP) is 2.43. The Labute approximate surface area is 117 Å². The molecule has 0 fully saturated rings. The molecule has 1 aliphatic rings. The van der Waals surface area contributed by atoms with Crippen LogP contribution in [0.1, 0.15) is 16.7 Å². The van der Waals surface area contributed by atoms with Gasteiger partial charge in [0.05, 0.1) is 0 Å². The van der Waals surface area contributed by atoms with E-state index in [0.29, 0.717) is 13.2 Å². The van der Waals surface area contributed by atoms with E-state index in [1.807, 2.05) is 18.3 Å². The van der Waals surface area contributed by atoms with Crippen LogP contribution in [0.25, 0.3) is 6.08 Å². The Morgan fingerprint density at radius 1 is 1.25 bits per heavy atom. The van der Waals surface area contributed by atoms with E-state index in [2.05, 4.69) is 34.7 Å². The van der Waals surface area contributed by atoms with Gasteiger partial charge in [-0.1, -0.05) is 12.1 Å². The first-order valence-corrected chi connectivity index (χ1v) is 6.56. The number of rotatable bonds is 4. The van der Waals surface area contributed by atoms with Crippen molar-refractivity contribution in [2.75, 3.05) is 13.2 Å². The van der Waals surface area contributed by atoms with Crippen molar-refractivity contribution in [3.63, 3.8) is 0 Å². The molecule has 1 aliphatic heterocycles. The SMILES string of the molecule is ONCC1=Cc2cc(Cc3cccnc3)ccc2OC1. The van der Waals surface area contributed by atoms with E-state index in [-0.39, 0.29) is 0 Å². The van der Waals surface area contributed by atoms with Crippen LogP contribution in [0.4, 0.5) is 0 Å². The third-order valence-corrected chi connectivity index (χ3v) is 3.28. The summed E-state index contributed by atoms with van der Waals surface area (Å²) in [6.45, 7) is 0.939. The zero-order valence-electron chi connectivity index (χ0n) is 11.0. The van der Waals surface area contributed by atoms with Gasteiger partial charge in [0, 0.05) is 24.5 Å². The summed E-state index contributed by atoms with van der Waals surface area (Å²) >= 11 is 0. The van der Waals surface area contributed by atoms with Gasteiger partial charge in [-0.15, -0.1) is 0 Å². The van der Waals surface area contributed by atoms with Gasteiger partial charge >= 0.3 is 0 Å². The highest BCUT2D eigenvalue weighted by Crippen LogP contribution is 2.27. The second-order valence-electron chi connectivity index (χ2n) is 4.84. The number of fused-ring (bicyclic) bond motifs is 1.